The summed E-state index contributed by atoms with van der Waals surface area (Å²) in [5.74, 6) is -0.808. The number of alkyl halides is 3. The number of rotatable bonds is 0. The number of hydrogen-bond acceptors (Lipinski definition) is 2. The number of nitrogens with zero attached hydrogens (tertiary/aromatic N) is 3. The molecule has 0 amide bonds. The van der Waals surface area contributed by atoms with Crippen molar-refractivity contribution in [2.75, 3.05) is 13.6 Å². The summed E-state index contributed by atoms with van der Waals surface area (Å²) in [6.45, 7) is 1.43. The maximum Gasteiger partial charge on any atom is 0.449 e. The van der Waals surface area contributed by atoms with Crippen LogP contribution in [0.4, 0.5) is 13.2 Å². The first-order chi connectivity index (χ1) is 6.89. The van der Waals surface area contributed by atoms with Gasteiger partial charge in [-0.1, -0.05) is 0 Å². The molecule has 84 valence electrons. The molecule has 0 fully saturated rings. The molecule has 0 spiro atoms. The highest BCUT2D eigenvalue weighted by molar-refractivity contribution is 9.10. The van der Waals surface area contributed by atoms with Crippen LogP contribution in [0, 0.1) is 0 Å². The largest absolute Gasteiger partial charge is 0.449 e. The van der Waals surface area contributed by atoms with Gasteiger partial charge in [-0.3, -0.25) is 4.90 Å². The van der Waals surface area contributed by atoms with Gasteiger partial charge in [0.2, 0.25) is 5.82 Å². The molecule has 0 atom stereocenters. The molecule has 1 aromatic rings. The highest BCUT2D eigenvalue weighted by atomic mass is 79.9. The standard InChI is InChI=1S/C8H9BrF3N3/c1-14-2-3-15-5(4-14)6(9)13-7(15)8(10,11)12/h2-4H2,1H3. The third-order valence-electron chi connectivity index (χ3n) is 2.40. The first-order valence-corrected chi connectivity index (χ1v) is 5.19. The SMILES string of the molecule is CN1CCn2c(C(F)(F)F)nc(Br)c2C1. The molecule has 0 saturated heterocycles. The monoisotopic (exact) mass is 283 g/mol. The van der Waals surface area contributed by atoms with Crippen molar-refractivity contribution in [2.45, 2.75) is 19.3 Å². The summed E-state index contributed by atoms with van der Waals surface area (Å²) in [5, 5.41) is 0. The Morgan fingerprint density at radius 2 is 2.00 bits per heavy atom. The molecule has 2 rings (SSSR count). The summed E-state index contributed by atoms with van der Waals surface area (Å²) < 4.78 is 39.2. The van der Waals surface area contributed by atoms with Crippen LogP contribution in [-0.2, 0) is 19.3 Å². The van der Waals surface area contributed by atoms with E-state index < -0.39 is 12.0 Å². The second-order valence-corrected chi connectivity index (χ2v) is 4.31. The Bertz CT molecular complexity index is 385. The highest BCUT2D eigenvalue weighted by Gasteiger charge is 2.39. The van der Waals surface area contributed by atoms with Gasteiger partial charge in [-0.15, -0.1) is 0 Å². The van der Waals surface area contributed by atoms with Crippen LogP contribution in [0.5, 0.6) is 0 Å². The Labute approximate surface area is 93.0 Å². The van der Waals surface area contributed by atoms with E-state index in [1.807, 2.05) is 11.9 Å². The minimum absolute atomic E-state index is 0.293. The van der Waals surface area contributed by atoms with Crippen LogP contribution in [0.15, 0.2) is 4.60 Å². The second-order valence-electron chi connectivity index (χ2n) is 3.56. The molecule has 0 bridgehead atoms. The van der Waals surface area contributed by atoms with Crippen molar-refractivity contribution >= 4 is 15.9 Å². The van der Waals surface area contributed by atoms with Crippen molar-refractivity contribution in [3.05, 3.63) is 16.1 Å². The van der Waals surface area contributed by atoms with Crippen LogP contribution in [0.1, 0.15) is 11.5 Å². The molecule has 15 heavy (non-hydrogen) atoms. The number of fused-ring (bicyclic) bond motifs is 1. The number of aromatic nitrogens is 2. The lowest BCUT2D eigenvalue weighted by atomic mass is 10.3. The minimum Gasteiger partial charge on any atom is -0.321 e. The van der Waals surface area contributed by atoms with Gasteiger partial charge in [0.25, 0.3) is 0 Å². The van der Waals surface area contributed by atoms with E-state index in [-0.39, 0.29) is 0 Å². The molecule has 1 aliphatic heterocycles. The zero-order valence-electron chi connectivity index (χ0n) is 7.97. The second kappa shape index (κ2) is 3.48. The van der Waals surface area contributed by atoms with Crippen molar-refractivity contribution in [3.8, 4) is 0 Å². The summed E-state index contributed by atoms with van der Waals surface area (Å²) in [6.07, 6.45) is -4.38. The lowest BCUT2D eigenvalue weighted by Crippen LogP contribution is -2.32. The third-order valence-corrected chi connectivity index (χ3v) is 3.04. The van der Waals surface area contributed by atoms with E-state index in [9.17, 15) is 13.2 Å². The smallest absolute Gasteiger partial charge is 0.321 e. The van der Waals surface area contributed by atoms with E-state index >= 15 is 0 Å². The van der Waals surface area contributed by atoms with Crippen molar-refractivity contribution < 1.29 is 13.2 Å². The summed E-state index contributed by atoms with van der Waals surface area (Å²) in [6, 6.07) is 0. The summed E-state index contributed by atoms with van der Waals surface area (Å²) >= 11 is 3.06. The summed E-state index contributed by atoms with van der Waals surface area (Å²) in [7, 11) is 1.87. The van der Waals surface area contributed by atoms with Gasteiger partial charge < -0.3 is 4.57 Å². The van der Waals surface area contributed by atoms with E-state index in [4.69, 9.17) is 0 Å². The van der Waals surface area contributed by atoms with Crippen LogP contribution in [0.3, 0.4) is 0 Å². The quantitative estimate of drug-likeness (QED) is 0.727. The predicted octanol–water partition coefficient (Wildman–Crippen LogP) is 2.11. The Balaban J connectivity index is 2.48. The molecule has 2 heterocycles. The van der Waals surface area contributed by atoms with Gasteiger partial charge in [-0.2, -0.15) is 13.2 Å². The average molecular weight is 284 g/mol. The molecule has 0 unspecified atom stereocenters. The molecule has 1 aromatic heterocycles. The van der Waals surface area contributed by atoms with Crippen LogP contribution in [-0.4, -0.2) is 28.0 Å². The van der Waals surface area contributed by atoms with Gasteiger partial charge in [0, 0.05) is 19.6 Å². The first-order valence-electron chi connectivity index (χ1n) is 4.40. The molecule has 0 aliphatic carbocycles. The van der Waals surface area contributed by atoms with Crippen molar-refractivity contribution in [1.82, 2.24) is 14.5 Å². The molecular formula is C8H9BrF3N3. The minimum atomic E-state index is -4.38. The number of likely N-dealkylation sites (N-methyl/N-ethyl adjacent to an activating group) is 1. The van der Waals surface area contributed by atoms with Gasteiger partial charge in [0.05, 0.1) is 5.69 Å². The molecule has 0 saturated carbocycles. The Morgan fingerprint density at radius 3 is 2.60 bits per heavy atom. The van der Waals surface area contributed by atoms with Gasteiger partial charge in [-0.05, 0) is 23.0 Å². The molecule has 0 aromatic carbocycles. The molecule has 0 radical (unpaired) electrons. The van der Waals surface area contributed by atoms with Crippen LogP contribution < -0.4 is 0 Å². The maximum atomic E-state index is 12.6. The number of hydrogen-bond donors (Lipinski definition) is 0. The van der Waals surface area contributed by atoms with E-state index in [2.05, 4.69) is 20.9 Å². The molecule has 3 nitrogen and oxygen atoms in total. The van der Waals surface area contributed by atoms with Gasteiger partial charge in [0.15, 0.2) is 0 Å². The van der Waals surface area contributed by atoms with Crippen LogP contribution >= 0.6 is 15.9 Å². The Kier molecular flexibility index (Phi) is 2.54. The Hall–Kier alpha value is -0.560. The van der Waals surface area contributed by atoms with Gasteiger partial charge in [0.1, 0.15) is 4.60 Å². The van der Waals surface area contributed by atoms with E-state index in [0.29, 0.717) is 29.9 Å². The first kappa shape index (κ1) is 10.9. The fourth-order valence-electron chi connectivity index (χ4n) is 1.67. The highest BCUT2D eigenvalue weighted by Crippen LogP contribution is 2.33. The van der Waals surface area contributed by atoms with Crippen molar-refractivity contribution in [2.24, 2.45) is 0 Å². The molecule has 0 N–H and O–H groups in total. The van der Waals surface area contributed by atoms with Crippen LogP contribution in [0.25, 0.3) is 0 Å². The summed E-state index contributed by atoms with van der Waals surface area (Å²) in [4.78, 5) is 5.49. The third kappa shape index (κ3) is 1.90. The fraction of sp³-hybridized carbons (Fsp3) is 0.625. The topological polar surface area (TPSA) is 21.1 Å². The number of imidazole rings is 1. The fourth-order valence-corrected chi connectivity index (χ4v) is 2.18. The molecule has 7 heteroatoms. The lowest BCUT2D eigenvalue weighted by molar-refractivity contribution is -0.147. The maximum absolute atomic E-state index is 12.6. The molecule has 1 aliphatic rings. The molecular weight excluding hydrogens is 275 g/mol. The predicted molar refractivity (Wildman–Crippen MR) is 51.3 cm³/mol. The van der Waals surface area contributed by atoms with Crippen molar-refractivity contribution in [1.29, 1.82) is 0 Å². The average Bonchev–Trinajstić information content (AvgIpc) is 2.43. The van der Waals surface area contributed by atoms with Crippen LogP contribution in [0.2, 0.25) is 0 Å². The van der Waals surface area contributed by atoms with Gasteiger partial charge in [-0.25, -0.2) is 4.98 Å². The van der Waals surface area contributed by atoms with Crippen molar-refractivity contribution in [3.63, 3.8) is 0 Å². The Morgan fingerprint density at radius 1 is 1.33 bits per heavy atom. The zero-order valence-corrected chi connectivity index (χ0v) is 9.56. The van der Waals surface area contributed by atoms with E-state index in [1.165, 1.54) is 4.57 Å². The lowest BCUT2D eigenvalue weighted by Gasteiger charge is -2.25. The normalized spacial score (nSPS) is 17.9. The summed E-state index contributed by atoms with van der Waals surface area (Å²) in [5.41, 5.74) is 0.594. The number of halogens is 4. The van der Waals surface area contributed by atoms with Gasteiger partial charge >= 0.3 is 6.18 Å². The zero-order chi connectivity index (χ0) is 11.2. The van der Waals surface area contributed by atoms with E-state index in [0.717, 1.165) is 0 Å². The van der Waals surface area contributed by atoms with E-state index in [1.54, 1.807) is 0 Å².